The molecule has 1 aliphatic heterocycles. The van der Waals surface area contributed by atoms with Crippen LogP contribution in [0.4, 0.5) is 0 Å². The van der Waals surface area contributed by atoms with Crippen molar-refractivity contribution in [1.29, 1.82) is 0 Å². The SMILES string of the molecule is Cc1ncc(/C=C/C(=O)N2C(C(=O)O)CC3CCCCC32)s1. The second-order valence-electron chi connectivity index (χ2n) is 6.06. The summed E-state index contributed by atoms with van der Waals surface area (Å²) in [6, 6.07) is -0.580. The normalized spacial score (nSPS) is 28.0. The molecule has 2 aliphatic rings. The number of carboxylic acids is 1. The first-order valence-corrected chi connectivity index (χ1v) is 8.53. The van der Waals surface area contributed by atoms with Crippen LogP contribution in [-0.2, 0) is 9.59 Å². The van der Waals surface area contributed by atoms with Crippen LogP contribution < -0.4 is 0 Å². The Bertz CT molecular complexity index is 610. The lowest BCUT2D eigenvalue weighted by Crippen LogP contribution is -2.45. The highest BCUT2D eigenvalue weighted by molar-refractivity contribution is 7.12. The molecule has 3 unspecified atom stereocenters. The largest absolute Gasteiger partial charge is 0.480 e. The number of amides is 1. The average Bonchev–Trinajstić information content (AvgIpc) is 3.08. The van der Waals surface area contributed by atoms with E-state index in [1.54, 1.807) is 17.2 Å². The molecular formula is C16H20N2O3S. The summed E-state index contributed by atoms with van der Waals surface area (Å²) in [5.41, 5.74) is 0. The lowest BCUT2D eigenvalue weighted by Gasteiger charge is -2.32. The number of carboxylic acid groups (broad SMARTS) is 1. The highest BCUT2D eigenvalue weighted by atomic mass is 32.1. The van der Waals surface area contributed by atoms with Crippen LogP contribution in [0.2, 0.25) is 0 Å². The average molecular weight is 320 g/mol. The highest BCUT2D eigenvalue weighted by Crippen LogP contribution is 2.40. The molecule has 2 heterocycles. The smallest absolute Gasteiger partial charge is 0.326 e. The summed E-state index contributed by atoms with van der Waals surface area (Å²) in [6.07, 6.45) is 9.75. The zero-order chi connectivity index (χ0) is 15.7. The highest BCUT2D eigenvalue weighted by Gasteiger charge is 2.46. The fourth-order valence-corrected chi connectivity index (χ4v) is 4.38. The number of carbonyl (C=O) groups excluding carboxylic acids is 1. The van der Waals surface area contributed by atoms with Gasteiger partial charge in [0.1, 0.15) is 6.04 Å². The molecule has 0 aromatic carbocycles. The molecule has 1 saturated carbocycles. The predicted octanol–water partition coefficient (Wildman–Crippen LogP) is 2.71. The molecule has 1 aliphatic carbocycles. The van der Waals surface area contributed by atoms with Crippen molar-refractivity contribution in [2.75, 3.05) is 0 Å². The Balaban J connectivity index is 1.78. The standard InChI is InChI=1S/C16H20N2O3S/c1-10-17-9-12(22-10)6-7-15(19)18-13-5-3-2-4-11(13)8-14(18)16(20)21/h6-7,9,11,13-14H,2-5,8H2,1H3,(H,20,21)/b7-6+. The van der Waals surface area contributed by atoms with Gasteiger partial charge in [0.25, 0.3) is 0 Å². The van der Waals surface area contributed by atoms with Crippen LogP contribution in [0, 0.1) is 12.8 Å². The Morgan fingerprint density at radius 3 is 2.86 bits per heavy atom. The van der Waals surface area contributed by atoms with Crippen molar-refractivity contribution in [1.82, 2.24) is 9.88 Å². The monoisotopic (exact) mass is 320 g/mol. The first-order valence-electron chi connectivity index (χ1n) is 7.72. The van der Waals surface area contributed by atoms with Gasteiger partial charge in [0.05, 0.1) is 5.01 Å². The van der Waals surface area contributed by atoms with Gasteiger partial charge in [-0.05, 0) is 38.2 Å². The van der Waals surface area contributed by atoms with Gasteiger partial charge in [-0.2, -0.15) is 0 Å². The molecule has 3 atom stereocenters. The van der Waals surface area contributed by atoms with Gasteiger partial charge in [-0.15, -0.1) is 11.3 Å². The van der Waals surface area contributed by atoms with Crippen molar-refractivity contribution in [3.8, 4) is 0 Å². The number of thiazole rings is 1. The zero-order valence-corrected chi connectivity index (χ0v) is 13.4. The van der Waals surface area contributed by atoms with Crippen LogP contribution >= 0.6 is 11.3 Å². The fraction of sp³-hybridized carbons (Fsp3) is 0.562. The number of rotatable bonds is 3. The van der Waals surface area contributed by atoms with Gasteiger partial charge < -0.3 is 10.0 Å². The van der Waals surface area contributed by atoms with Gasteiger partial charge >= 0.3 is 5.97 Å². The van der Waals surface area contributed by atoms with E-state index < -0.39 is 12.0 Å². The quantitative estimate of drug-likeness (QED) is 0.869. The number of likely N-dealkylation sites (tertiary alicyclic amines) is 1. The van der Waals surface area contributed by atoms with Crippen molar-refractivity contribution < 1.29 is 14.7 Å². The van der Waals surface area contributed by atoms with Crippen LogP contribution in [0.3, 0.4) is 0 Å². The predicted molar refractivity (Wildman–Crippen MR) is 84.5 cm³/mol. The van der Waals surface area contributed by atoms with E-state index in [1.165, 1.54) is 17.4 Å². The topological polar surface area (TPSA) is 70.5 Å². The summed E-state index contributed by atoms with van der Waals surface area (Å²) in [4.78, 5) is 30.7. The zero-order valence-electron chi connectivity index (χ0n) is 12.6. The van der Waals surface area contributed by atoms with E-state index in [4.69, 9.17) is 0 Å². The van der Waals surface area contributed by atoms with Gasteiger partial charge in [0.15, 0.2) is 0 Å². The Morgan fingerprint density at radius 2 is 2.18 bits per heavy atom. The number of fused-ring (bicyclic) bond motifs is 1. The lowest BCUT2D eigenvalue weighted by atomic mass is 9.85. The minimum atomic E-state index is -0.884. The molecular weight excluding hydrogens is 300 g/mol. The van der Waals surface area contributed by atoms with E-state index in [0.29, 0.717) is 12.3 Å². The van der Waals surface area contributed by atoms with E-state index in [2.05, 4.69) is 4.98 Å². The molecule has 0 bridgehead atoms. The van der Waals surface area contributed by atoms with Gasteiger partial charge in [0, 0.05) is 23.2 Å². The molecule has 3 rings (SSSR count). The molecule has 6 heteroatoms. The molecule has 1 aromatic heterocycles. The molecule has 22 heavy (non-hydrogen) atoms. The Kier molecular flexibility index (Phi) is 4.29. The maximum absolute atomic E-state index is 12.6. The summed E-state index contributed by atoms with van der Waals surface area (Å²) in [5.74, 6) is -0.726. The van der Waals surface area contributed by atoms with Crippen molar-refractivity contribution in [3.05, 3.63) is 22.2 Å². The van der Waals surface area contributed by atoms with Crippen molar-refractivity contribution in [3.63, 3.8) is 0 Å². The van der Waals surface area contributed by atoms with E-state index in [9.17, 15) is 14.7 Å². The summed E-state index contributed by atoms with van der Waals surface area (Å²) in [6.45, 7) is 1.91. The van der Waals surface area contributed by atoms with E-state index in [1.807, 2.05) is 6.92 Å². The third-order valence-corrected chi connectivity index (χ3v) is 5.53. The number of nitrogens with zero attached hydrogens (tertiary/aromatic N) is 2. The number of aryl methyl sites for hydroxylation is 1. The van der Waals surface area contributed by atoms with Gasteiger partial charge in [0.2, 0.25) is 5.91 Å². The lowest BCUT2D eigenvalue weighted by molar-refractivity contribution is -0.147. The van der Waals surface area contributed by atoms with Crippen molar-refractivity contribution >= 4 is 29.3 Å². The molecule has 1 N–H and O–H groups in total. The number of aliphatic carboxylic acids is 1. The van der Waals surface area contributed by atoms with E-state index >= 15 is 0 Å². The van der Waals surface area contributed by atoms with Gasteiger partial charge in [-0.1, -0.05) is 12.8 Å². The Morgan fingerprint density at radius 1 is 1.41 bits per heavy atom. The number of aromatic nitrogens is 1. The maximum atomic E-state index is 12.6. The first-order chi connectivity index (χ1) is 10.6. The summed E-state index contributed by atoms with van der Waals surface area (Å²) < 4.78 is 0. The number of hydrogen-bond donors (Lipinski definition) is 1. The second kappa shape index (κ2) is 6.20. The van der Waals surface area contributed by atoms with E-state index in [0.717, 1.165) is 35.6 Å². The second-order valence-corrected chi connectivity index (χ2v) is 7.33. The number of carbonyl (C=O) groups is 2. The first kappa shape index (κ1) is 15.2. The minimum absolute atomic E-state index is 0.0928. The molecule has 2 fully saturated rings. The molecule has 1 aromatic rings. The molecule has 0 radical (unpaired) electrons. The van der Waals surface area contributed by atoms with Gasteiger partial charge in [-0.25, -0.2) is 9.78 Å². The maximum Gasteiger partial charge on any atom is 0.326 e. The Hall–Kier alpha value is -1.69. The number of hydrogen-bond acceptors (Lipinski definition) is 4. The summed E-state index contributed by atoms with van der Waals surface area (Å²) >= 11 is 1.52. The fourth-order valence-electron chi connectivity index (χ4n) is 3.69. The molecule has 5 nitrogen and oxygen atoms in total. The molecule has 1 amide bonds. The van der Waals surface area contributed by atoms with Crippen LogP contribution in [0.15, 0.2) is 12.3 Å². The molecule has 118 valence electrons. The van der Waals surface area contributed by atoms with Gasteiger partial charge in [-0.3, -0.25) is 4.79 Å². The van der Waals surface area contributed by atoms with E-state index in [-0.39, 0.29) is 11.9 Å². The van der Waals surface area contributed by atoms with Crippen LogP contribution in [0.1, 0.15) is 42.0 Å². The van der Waals surface area contributed by atoms with Crippen molar-refractivity contribution in [2.45, 2.75) is 51.1 Å². The Labute approximate surface area is 133 Å². The van der Waals surface area contributed by atoms with Crippen molar-refractivity contribution in [2.24, 2.45) is 5.92 Å². The molecule has 0 spiro atoms. The van der Waals surface area contributed by atoms with Crippen LogP contribution in [0.25, 0.3) is 6.08 Å². The van der Waals surface area contributed by atoms with Crippen LogP contribution in [0.5, 0.6) is 0 Å². The third kappa shape index (κ3) is 2.92. The molecule has 1 saturated heterocycles. The summed E-state index contributed by atoms with van der Waals surface area (Å²) in [5, 5.41) is 10.4. The third-order valence-electron chi connectivity index (χ3n) is 4.66. The van der Waals surface area contributed by atoms with Crippen LogP contribution in [-0.4, -0.2) is 39.0 Å². The minimum Gasteiger partial charge on any atom is -0.480 e. The summed E-state index contributed by atoms with van der Waals surface area (Å²) in [7, 11) is 0.